The first-order valence-corrected chi connectivity index (χ1v) is 15.2. The number of carbonyl (C=O) groups excluding carboxylic acids is 2. The smallest absolute Gasteiger partial charge is 0.244 e. The summed E-state index contributed by atoms with van der Waals surface area (Å²) in [5, 5.41) is 2.95. The molecule has 1 unspecified atom stereocenters. The van der Waals surface area contributed by atoms with E-state index in [1.807, 2.05) is 75.4 Å². The molecule has 0 radical (unpaired) electrons. The normalized spacial score (nSPS) is 12.0. The molecule has 0 fully saturated rings. The highest BCUT2D eigenvalue weighted by molar-refractivity contribution is 7.92. The third-order valence-electron chi connectivity index (χ3n) is 6.64. The lowest BCUT2D eigenvalue weighted by atomic mass is 10.0. The number of benzene rings is 3. The number of sulfonamides is 1. The third-order valence-corrected chi connectivity index (χ3v) is 7.77. The maximum Gasteiger partial charge on any atom is 0.244 e. The molecule has 3 aromatic rings. The Morgan fingerprint density at radius 3 is 2.17 bits per heavy atom. The molecule has 10 heteroatoms. The molecule has 1 N–H and O–H groups in total. The molecular weight excluding hydrogens is 542 g/mol. The summed E-state index contributed by atoms with van der Waals surface area (Å²) in [6, 6.07) is 20.7. The van der Waals surface area contributed by atoms with E-state index in [9.17, 15) is 18.0 Å². The van der Waals surface area contributed by atoms with Crippen LogP contribution in [0.15, 0.2) is 72.8 Å². The van der Waals surface area contributed by atoms with Crippen molar-refractivity contribution in [2.24, 2.45) is 0 Å². The quantitative estimate of drug-likeness (QED) is 0.328. The van der Waals surface area contributed by atoms with Crippen LogP contribution in [0.5, 0.6) is 11.5 Å². The Kier molecular flexibility index (Phi) is 10.8. The number of ether oxygens (including phenoxy) is 2. The van der Waals surface area contributed by atoms with Crippen LogP contribution in [0.1, 0.15) is 30.5 Å². The van der Waals surface area contributed by atoms with Crippen LogP contribution < -0.4 is 19.1 Å². The van der Waals surface area contributed by atoms with Gasteiger partial charge < -0.3 is 19.7 Å². The monoisotopic (exact) mass is 581 g/mol. The van der Waals surface area contributed by atoms with Crippen LogP contribution in [0.2, 0.25) is 0 Å². The summed E-state index contributed by atoms with van der Waals surface area (Å²) >= 11 is 0. The van der Waals surface area contributed by atoms with Gasteiger partial charge in [0, 0.05) is 25.1 Å². The van der Waals surface area contributed by atoms with E-state index in [1.165, 1.54) is 25.2 Å². The van der Waals surface area contributed by atoms with E-state index in [1.54, 1.807) is 12.1 Å². The van der Waals surface area contributed by atoms with Crippen molar-refractivity contribution in [3.8, 4) is 11.5 Å². The van der Waals surface area contributed by atoms with Crippen LogP contribution in [0, 0.1) is 6.92 Å². The van der Waals surface area contributed by atoms with Gasteiger partial charge in [0.05, 0.1) is 26.2 Å². The van der Waals surface area contributed by atoms with Gasteiger partial charge in [0.1, 0.15) is 24.1 Å². The number of nitrogens with one attached hydrogen (secondary N) is 1. The van der Waals surface area contributed by atoms with Gasteiger partial charge in [-0.2, -0.15) is 0 Å². The SMILES string of the molecule is COc1ccc(N(CC(=O)N(Cc2ccccc2C)C(Cc2ccccc2)C(=O)NC(C)C)S(C)(=O)=O)c(OC)c1. The van der Waals surface area contributed by atoms with Crippen LogP contribution in [0.3, 0.4) is 0 Å². The predicted molar refractivity (Wildman–Crippen MR) is 161 cm³/mol. The Labute approximate surface area is 243 Å². The van der Waals surface area contributed by atoms with Crippen LogP contribution in [-0.2, 0) is 32.6 Å². The van der Waals surface area contributed by atoms with Crippen LogP contribution in [-0.4, -0.2) is 64.2 Å². The van der Waals surface area contributed by atoms with Gasteiger partial charge in [-0.3, -0.25) is 13.9 Å². The van der Waals surface area contributed by atoms with Crippen molar-refractivity contribution >= 4 is 27.5 Å². The summed E-state index contributed by atoms with van der Waals surface area (Å²) in [7, 11) is -1.03. The van der Waals surface area contributed by atoms with Crippen molar-refractivity contribution in [3.63, 3.8) is 0 Å². The highest BCUT2D eigenvalue weighted by atomic mass is 32.2. The largest absolute Gasteiger partial charge is 0.497 e. The first-order valence-electron chi connectivity index (χ1n) is 13.3. The van der Waals surface area contributed by atoms with Crippen molar-refractivity contribution in [1.29, 1.82) is 0 Å². The van der Waals surface area contributed by atoms with Gasteiger partial charge in [-0.15, -0.1) is 0 Å². The molecule has 2 amide bonds. The lowest BCUT2D eigenvalue weighted by Gasteiger charge is -2.34. The first-order chi connectivity index (χ1) is 19.4. The van der Waals surface area contributed by atoms with Gasteiger partial charge >= 0.3 is 0 Å². The molecule has 0 bridgehead atoms. The maximum atomic E-state index is 14.2. The number of rotatable bonds is 13. The van der Waals surface area contributed by atoms with Crippen molar-refractivity contribution < 1.29 is 27.5 Å². The molecule has 0 aliphatic rings. The second-order valence-corrected chi connectivity index (χ2v) is 12.0. The second-order valence-electron chi connectivity index (χ2n) is 10.1. The van der Waals surface area contributed by atoms with Crippen LogP contribution in [0.25, 0.3) is 0 Å². The molecule has 220 valence electrons. The summed E-state index contributed by atoms with van der Waals surface area (Å²) in [5.41, 5.74) is 2.86. The fourth-order valence-corrected chi connectivity index (χ4v) is 5.34. The number of anilines is 1. The molecule has 9 nitrogen and oxygen atoms in total. The van der Waals surface area contributed by atoms with E-state index in [0.29, 0.717) is 5.75 Å². The fraction of sp³-hybridized carbons (Fsp3) is 0.355. The average molecular weight is 582 g/mol. The topological polar surface area (TPSA) is 105 Å². The van der Waals surface area contributed by atoms with E-state index < -0.39 is 28.5 Å². The standard InChI is InChI=1S/C31H39N3O6S/c1-22(2)32-31(36)28(18-24-13-8-7-9-14-24)33(20-25-15-11-10-12-23(25)3)30(35)21-34(41(6,37)38)27-17-16-26(39-4)19-29(27)40-5/h7-17,19,22,28H,18,20-21H2,1-6H3,(H,32,36). The second kappa shape index (κ2) is 14.0. The van der Waals surface area contributed by atoms with Crippen LogP contribution >= 0.6 is 0 Å². The molecule has 1 atom stereocenters. The lowest BCUT2D eigenvalue weighted by Crippen LogP contribution is -2.54. The number of amides is 2. The maximum absolute atomic E-state index is 14.2. The predicted octanol–water partition coefficient (Wildman–Crippen LogP) is 3.94. The van der Waals surface area contributed by atoms with Crippen molar-refractivity contribution in [2.75, 3.05) is 31.3 Å². The Morgan fingerprint density at radius 1 is 0.927 bits per heavy atom. The molecule has 0 saturated carbocycles. The summed E-state index contributed by atoms with van der Waals surface area (Å²) in [6.07, 6.45) is 1.28. The molecule has 3 aromatic carbocycles. The Bertz CT molecular complexity index is 1440. The molecule has 0 aliphatic carbocycles. The minimum Gasteiger partial charge on any atom is -0.497 e. The summed E-state index contributed by atoms with van der Waals surface area (Å²) < 4.78 is 37.8. The van der Waals surface area contributed by atoms with E-state index in [-0.39, 0.29) is 36.4 Å². The average Bonchev–Trinajstić information content (AvgIpc) is 2.93. The Hall–Kier alpha value is -4.05. The lowest BCUT2D eigenvalue weighted by molar-refractivity contribution is -0.140. The zero-order valence-corrected chi connectivity index (χ0v) is 25.3. The van der Waals surface area contributed by atoms with Crippen molar-refractivity contribution in [1.82, 2.24) is 10.2 Å². The molecule has 0 aliphatic heterocycles. The minimum atomic E-state index is -3.94. The first kappa shape index (κ1) is 31.5. The zero-order valence-electron chi connectivity index (χ0n) is 24.5. The molecule has 0 spiro atoms. The third kappa shape index (κ3) is 8.47. The van der Waals surface area contributed by atoms with Gasteiger partial charge in [-0.1, -0.05) is 54.6 Å². The van der Waals surface area contributed by atoms with Crippen molar-refractivity contribution in [3.05, 3.63) is 89.5 Å². The molecule has 0 heterocycles. The number of aryl methyl sites for hydroxylation is 1. The van der Waals surface area contributed by atoms with Gasteiger partial charge in [0.2, 0.25) is 21.8 Å². The van der Waals surface area contributed by atoms with Gasteiger partial charge in [0.25, 0.3) is 0 Å². The molecule has 0 saturated heterocycles. The van der Waals surface area contributed by atoms with E-state index in [0.717, 1.165) is 27.3 Å². The Balaban J connectivity index is 2.10. The zero-order chi connectivity index (χ0) is 30.2. The summed E-state index contributed by atoms with van der Waals surface area (Å²) in [5.74, 6) is -0.152. The number of carbonyl (C=O) groups is 2. The van der Waals surface area contributed by atoms with E-state index in [4.69, 9.17) is 9.47 Å². The minimum absolute atomic E-state index is 0.117. The van der Waals surface area contributed by atoms with E-state index in [2.05, 4.69) is 5.32 Å². The number of hydrogen-bond donors (Lipinski definition) is 1. The molecular formula is C31H39N3O6S. The summed E-state index contributed by atoms with van der Waals surface area (Å²) in [6.45, 7) is 5.22. The highest BCUT2D eigenvalue weighted by Gasteiger charge is 2.34. The summed E-state index contributed by atoms with van der Waals surface area (Å²) in [4.78, 5) is 29.3. The molecule has 0 aromatic heterocycles. The number of hydrogen-bond acceptors (Lipinski definition) is 6. The Morgan fingerprint density at radius 2 is 1.59 bits per heavy atom. The van der Waals surface area contributed by atoms with E-state index >= 15 is 0 Å². The molecule has 3 rings (SSSR count). The fourth-order valence-electron chi connectivity index (χ4n) is 4.49. The van der Waals surface area contributed by atoms with Gasteiger partial charge in [-0.25, -0.2) is 8.42 Å². The number of nitrogens with zero attached hydrogens (tertiary/aromatic N) is 2. The van der Waals surface area contributed by atoms with Crippen molar-refractivity contribution in [2.45, 2.75) is 45.8 Å². The van der Waals surface area contributed by atoms with Crippen LogP contribution in [0.4, 0.5) is 5.69 Å². The van der Waals surface area contributed by atoms with Gasteiger partial charge in [0.15, 0.2) is 0 Å². The highest BCUT2D eigenvalue weighted by Crippen LogP contribution is 2.34. The number of methoxy groups -OCH3 is 2. The molecule has 41 heavy (non-hydrogen) atoms. The van der Waals surface area contributed by atoms with Gasteiger partial charge in [-0.05, 0) is 49.6 Å².